The number of nitro groups is 1. The van der Waals surface area contributed by atoms with Gasteiger partial charge in [0.1, 0.15) is 0 Å². The van der Waals surface area contributed by atoms with Crippen LogP contribution in [-0.4, -0.2) is 34.8 Å². The molecule has 0 aromatic heterocycles. The van der Waals surface area contributed by atoms with Gasteiger partial charge < -0.3 is 6.44 Å². The van der Waals surface area contributed by atoms with Gasteiger partial charge in [0.05, 0.1) is 4.92 Å². The van der Waals surface area contributed by atoms with Gasteiger partial charge in [-0.05, 0) is 6.92 Å². The molecule has 7 heteroatoms. The molecule has 1 rings (SSSR count). The molecule has 0 spiro atoms. The minimum Gasteiger partial charge on any atom is -1.00 e. The summed E-state index contributed by atoms with van der Waals surface area (Å²) in [5.41, 5.74) is 6.31. The first kappa shape index (κ1) is 12.9. The van der Waals surface area contributed by atoms with Crippen LogP contribution in [0.1, 0.15) is 8.35 Å². The second-order valence-corrected chi connectivity index (χ2v) is 2.87. The van der Waals surface area contributed by atoms with Gasteiger partial charge in [0.15, 0.2) is 0 Å². The molecule has 0 saturated carbocycles. The van der Waals surface area contributed by atoms with E-state index in [2.05, 4.69) is 0 Å². The average molecular weight is 196 g/mol. The second-order valence-electron chi connectivity index (χ2n) is 2.87. The number of likely N-dealkylation sites (N-methyl/N-ethyl adjacent to an activating group) is 1. The van der Waals surface area contributed by atoms with Crippen molar-refractivity contribution >= 4 is 0 Å². The van der Waals surface area contributed by atoms with Gasteiger partial charge in [0, 0.05) is 25.9 Å². The van der Waals surface area contributed by atoms with Gasteiger partial charge in [-0.3, -0.25) is 10.1 Å². The Kier molecular flexibility index (Phi) is 3.89. The third kappa shape index (κ3) is 1.87. The van der Waals surface area contributed by atoms with E-state index >= 15 is 0 Å². The van der Waals surface area contributed by atoms with E-state index in [1.54, 1.807) is 26.0 Å². The molecule has 1 unspecified atom stereocenters. The average Bonchev–Trinajstić information content (AvgIpc) is 2.17. The molecule has 2 N–H and O–H groups in total. The second kappa shape index (κ2) is 3.93. The molecule has 1 aliphatic heterocycles. The molecule has 0 fully saturated rings. The van der Waals surface area contributed by atoms with Gasteiger partial charge in [0.2, 0.25) is 0 Å². The van der Waals surface area contributed by atoms with Gasteiger partial charge in [-0.1, -0.05) is 0 Å². The van der Waals surface area contributed by atoms with Crippen molar-refractivity contribution in [1.29, 1.82) is 0 Å². The van der Waals surface area contributed by atoms with Gasteiger partial charge in [-0.25, -0.2) is 5.73 Å². The molecular weight excluding hydrogens is 183 g/mol. The van der Waals surface area contributed by atoms with Crippen LogP contribution in [0.25, 0.3) is 0 Å². The van der Waals surface area contributed by atoms with Crippen molar-refractivity contribution in [3.63, 3.8) is 0 Å². The fourth-order valence-corrected chi connectivity index (χ4v) is 1.14. The van der Waals surface area contributed by atoms with E-state index in [0.717, 1.165) is 5.70 Å². The summed E-state index contributed by atoms with van der Waals surface area (Å²) in [6.07, 6.45) is 1.42. The monoisotopic (exact) mass is 196 g/mol. The number of hydrogen-bond acceptors (Lipinski definition) is 5. The maximum absolute atomic E-state index is 10.6. The molecule has 0 aromatic carbocycles. The van der Waals surface area contributed by atoms with E-state index < -0.39 is 10.7 Å². The normalized spacial score (nSPS) is 28.3. The van der Waals surface area contributed by atoms with Gasteiger partial charge in [-0.2, -0.15) is 0 Å². The fraction of sp³-hybridized carbons (Fsp3) is 0.667. The summed E-state index contributed by atoms with van der Waals surface area (Å²) in [4.78, 5) is 10.1. The van der Waals surface area contributed by atoms with E-state index in [1.807, 2.05) is 0 Å². The number of allylic oxidation sites excluding steroid dienone is 1. The van der Waals surface area contributed by atoms with Crippen LogP contribution >= 0.6 is 0 Å². The Morgan fingerprint density at radius 3 is 2.31 bits per heavy atom. The van der Waals surface area contributed by atoms with Crippen molar-refractivity contribution in [2.75, 3.05) is 14.1 Å². The van der Waals surface area contributed by atoms with Crippen LogP contribution in [0.2, 0.25) is 0 Å². The van der Waals surface area contributed by atoms with Crippen molar-refractivity contribution in [3.05, 3.63) is 21.9 Å². The predicted octanol–water partition coefficient (Wildman–Crippen LogP) is -3.31. The minimum absolute atomic E-state index is 0. The first-order valence-corrected chi connectivity index (χ1v) is 3.50. The van der Waals surface area contributed by atoms with Crippen LogP contribution in [0.15, 0.2) is 11.8 Å². The van der Waals surface area contributed by atoms with Gasteiger partial charge in [0.25, 0.3) is 0 Å². The molecule has 0 amide bonds. The summed E-state index contributed by atoms with van der Waals surface area (Å²) in [6.45, 7) is 1.77. The zero-order chi connectivity index (χ0) is 9.52. The molecule has 0 aromatic rings. The molecule has 0 radical (unpaired) electrons. The number of hydrogen-bond donors (Lipinski definition) is 1. The maximum atomic E-state index is 10.6. The molecule has 1 aliphatic rings. The molecular formula is C6H13N4NaO2. The van der Waals surface area contributed by atoms with E-state index in [0.29, 0.717) is 0 Å². The van der Waals surface area contributed by atoms with Crippen LogP contribution in [0, 0.1) is 10.1 Å². The van der Waals surface area contributed by atoms with E-state index in [9.17, 15) is 10.1 Å². The summed E-state index contributed by atoms with van der Waals surface area (Å²) < 4.78 is 0. The summed E-state index contributed by atoms with van der Waals surface area (Å²) in [5, 5.41) is 13.6. The SMILES string of the molecule is CC1=CC(N)([N+](=O)[O-])N(C)N1C.[H-].[Na+]. The minimum atomic E-state index is -1.58. The molecule has 6 nitrogen and oxygen atoms in total. The van der Waals surface area contributed by atoms with E-state index in [4.69, 9.17) is 5.73 Å². The van der Waals surface area contributed by atoms with E-state index in [-0.39, 0.29) is 31.0 Å². The molecule has 13 heavy (non-hydrogen) atoms. The molecule has 0 saturated heterocycles. The Morgan fingerprint density at radius 2 is 2.15 bits per heavy atom. The standard InChI is InChI=1S/C6H12N4O2.Na.H/c1-5-4-6(7,10(11)12)9(3)8(5)2;;/h4H,7H2,1-3H3;;/q;+1;-1. The van der Waals surface area contributed by atoms with Crippen LogP contribution in [0.5, 0.6) is 0 Å². The first-order chi connectivity index (χ1) is 5.39. The molecule has 0 bridgehead atoms. The Balaban J connectivity index is 0. The third-order valence-corrected chi connectivity index (χ3v) is 2.19. The van der Waals surface area contributed by atoms with Crippen molar-refractivity contribution in [2.24, 2.45) is 5.73 Å². The van der Waals surface area contributed by atoms with Crippen molar-refractivity contribution in [1.82, 2.24) is 10.0 Å². The van der Waals surface area contributed by atoms with Gasteiger partial charge >= 0.3 is 35.3 Å². The topological polar surface area (TPSA) is 75.6 Å². The largest absolute Gasteiger partial charge is 1.00 e. The van der Waals surface area contributed by atoms with Crippen LogP contribution in [-0.2, 0) is 0 Å². The quantitative estimate of drug-likeness (QED) is 0.206. The predicted molar refractivity (Wildman–Crippen MR) is 44.3 cm³/mol. The first-order valence-electron chi connectivity index (χ1n) is 3.50. The van der Waals surface area contributed by atoms with Gasteiger partial charge in [-0.15, -0.1) is 5.01 Å². The Bertz CT molecular complexity index is 262. The van der Waals surface area contributed by atoms with Crippen molar-refractivity contribution in [3.8, 4) is 0 Å². The summed E-state index contributed by atoms with van der Waals surface area (Å²) in [6, 6.07) is 0. The number of nitrogens with two attached hydrogens (primary N) is 1. The fourth-order valence-electron chi connectivity index (χ4n) is 1.14. The van der Waals surface area contributed by atoms with Crippen LogP contribution < -0.4 is 35.3 Å². The zero-order valence-corrected chi connectivity index (χ0v) is 10.3. The number of rotatable bonds is 1. The molecule has 70 valence electrons. The maximum Gasteiger partial charge on any atom is 1.00 e. The summed E-state index contributed by atoms with van der Waals surface area (Å²) in [7, 11) is 3.31. The Labute approximate surface area is 100 Å². The molecule has 1 heterocycles. The smallest absolute Gasteiger partial charge is 1.00 e. The van der Waals surface area contributed by atoms with Crippen molar-refractivity contribution in [2.45, 2.75) is 12.7 Å². The summed E-state index contributed by atoms with van der Waals surface area (Å²) in [5.74, 6) is -1.58. The molecule has 1 atom stereocenters. The zero-order valence-electron chi connectivity index (χ0n) is 9.31. The van der Waals surface area contributed by atoms with Crippen LogP contribution in [0.3, 0.4) is 0 Å². The van der Waals surface area contributed by atoms with E-state index in [1.165, 1.54) is 11.1 Å². The Hall–Kier alpha value is -0.140. The number of hydrazine groups is 1. The third-order valence-electron chi connectivity index (χ3n) is 2.19. The Morgan fingerprint density at radius 1 is 1.69 bits per heavy atom. The molecule has 0 aliphatic carbocycles. The van der Waals surface area contributed by atoms with Crippen molar-refractivity contribution < 1.29 is 35.9 Å². The van der Waals surface area contributed by atoms with Crippen LogP contribution in [0.4, 0.5) is 0 Å². The number of nitrogens with zero attached hydrogens (tertiary/aromatic N) is 3. The summed E-state index contributed by atoms with van der Waals surface area (Å²) >= 11 is 0.